The summed E-state index contributed by atoms with van der Waals surface area (Å²) in [4.78, 5) is 17.2. The molecule has 0 radical (unpaired) electrons. The molecule has 1 heterocycles. The van der Waals surface area contributed by atoms with E-state index in [2.05, 4.69) is 90.0 Å². The topological polar surface area (TPSA) is 42.0 Å². The van der Waals surface area contributed by atoms with E-state index in [1.807, 2.05) is 4.90 Å². The number of cyclic esters (lactones) is 1. The molecule has 2 atom stereocenters. The van der Waals surface area contributed by atoms with E-state index in [-0.39, 0.29) is 23.7 Å². The second kappa shape index (κ2) is 9.60. The Balaban J connectivity index is 1.72. The van der Waals surface area contributed by atoms with E-state index in [1.54, 1.807) is 7.11 Å². The van der Waals surface area contributed by atoms with Gasteiger partial charge in [-0.25, -0.2) is 4.79 Å². The van der Waals surface area contributed by atoms with Crippen molar-refractivity contribution in [3.63, 3.8) is 0 Å². The van der Waals surface area contributed by atoms with Gasteiger partial charge in [-0.05, 0) is 80.4 Å². The highest BCUT2D eigenvalue weighted by molar-refractivity contribution is 5.78. The lowest BCUT2D eigenvalue weighted by atomic mass is 9.72. The number of ether oxygens (including phenoxy) is 2. The van der Waals surface area contributed by atoms with Crippen molar-refractivity contribution in [2.75, 3.05) is 32.6 Å². The molecule has 2 aliphatic rings. The molecule has 1 aliphatic heterocycles. The second-order valence-electron chi connectivity index (χ2n) is 11.3. The molecule has 0 N–H and O–H groups in total. The highest BCUT2D eigenvalue weighted by atomic mass is 16.6. The van der Waals surface area contributed by atoms with Crippen LogP contribution in [-0.4, -0.2) is 44.8 Å². The summed E-state index contributed by atoms with van der Waals surface area (Å²) < 4.78 is 11.7. The molecule has 2 aromatic rings. The van der Waals surface area contributed by atoms with Crippen LogP contribution in [0.15, 0.2) is 42.0 Å². The summed E-state index contributed by atoms with van der Waals surface area (Å²) in [6, 6.07) is 12.7. The number of benzene rings is 2. The number of rotatable bonds is 6. The number of carbonyl (C=O) groups excluding carboxylic acids is 1. The number of hydrogen-bond acceptors (Lipinski definition) is 4. The molecule has 5 nitrogen and oxygen atoms in total. The predicted molar refractivity (Wildman–Crippen MR) is 143 cm³/mol. The van der Waals surface area contributed by atoms with Crippen molar-refractivity contribution in [2.45, 2.75) is 66.0 Å². The van der Waals surface area contributed by atoms with Crippen LogP contribution in [0.1, 0.15) is 68.4 Å². The molecule has 0 bridgehead atoms. The third-order valence-electron chi connectivity index (χ3n) is 7.52. The molecule has 188 valence electrons. The molecule has 2 aromatic carbocycles. The number of amides is 1. The summed E-state index contributed by atoms with van der Waals surface area (Å²) in [5, 5.41) is 0. The zero-order chi connectivity index (χ0) is 25.5. The third-order valence-corrected chi connectivity index (χ3v) is 7.52. The minimum atomic E-state index is -0.256. The van der Waals surface area contributed by atoms with Crippen LogP contribution in [0.4, 0.5) is 10.5 Å². The summed E-state index contributed by atoms with van der Waals surface area (Å²) in [6.45, 7) is 11.5. The van der Waals surface area contributed by atoms with Crippen LogP contribution in [0.5, 0.6) is 5.75 Å². The molecule has 0 saturated carbocycles. The normalized spacial score (nSPS) is 21.8. The van der Waals surface area contributed by atoms with Crippen LogP contribution in [0.25, 0.3) is 5.57 Å². The van der Waals surface area contributed by atoms with E-state index in [0.717, 1.165) is 41.8 Å². The van der Waals surface area contributed by atoms with Gasteiger partial charge < -0.3 is 14.4 Å². The average molecular weight is 477 g/mol. The molecule has 4 rings (SSSR count). The Kier molecular flexibility index (Phi) is 6.90. The Labute approximate surface area is 210 Å². The summed E-state index contributed by atoms with van der Waals surface area (Å²) >= 11 is 0. The molecule has 1 fully saturated rings. The lowest BCUT2D eigenvalue weighted by Gasteiger charge is -2.36. The van der Waals surface area contributed by atoms with Gasteiger partial charge >= 0.3 is 6.09 Å². The molecule has 0 spiro atoms. The standard InChI is InChI=1S/C30H40N2O3/c1-19-13-20(2)15-22(14-19)28-21(3)32(29(33)35-28)18-23-17-30(4,5)12-11-25(23)26-16-24(31(6)7)9-10-27(26)34-8/h9-10,13-16,21,28H,11-12,17-18H2,1-8H3/t21-,28-/m0/s1. The van der Waals surface area contributed by atoms with E-state index in [0.29, 0.717) is 6.54 Å². The second-order valence-corrected chi connectivity index (χ2v) is 11.3. The number of methoxy groups -OCH3 is 1. The summed E-state index contributed by atoms with van der Waals surface area (Å²) in [7, 11) is 5.84. The fourth-order valence-corrected chi connectivity index (χ4v) is 5.64. The van der Waals surface area contributed by atoms with Crippen molar-refractivity contribution in [3.8, 4) is 5.75 Å². The lowest BCUT2D eigenvalue weighted by Crippen LogP contribution is -2.35. The van der Waals surface area contributed by atoms with Gasteiger partial charge in [0.05, 0.1) is 13.2 Å². The first-order valence-electron chi connectivity index (χ1n) is 12.6. The summed E-state index contributed by atoms with van der Waals surface area (Å²) in [5.41, 5.74) is 8.52. The number of nitrogens with zero attached hydrogens (tertiary/aromatic N) is 2. The number of aryl methyl sites for hydroxylation is 2. The largest absolute Gasteiger partial charge is 0.496 e. The minimum absolute atomic E-state index is 0.0440. The van der Waals surface area contributed by atoms with Crippen molar-refractivity contribution < 1.29 is 14.3 Å². The van der Waals surface area contributed by atoms with Crippen LogP contribution in [0.2, 0.25) is 0 Å². The Hall–Kier alpha value is -2.95. The molecular weight excluding hydrogens is 436 g/mol. The Morgan fingerprint density at radius 2 is 1.80 bits per heavy atom. The van der Waals surface area contributed by atoms with Crippen molar-refractivity contribution in [3.05, 3.63) is 64.2 Å². The average Bonchev–Trinajstić information content (AvgIpc) is 3.06. The fraction of sp³-hybridized carbons (Fsp3) is 0.500. The van der Waals surface area contributed by atoms with Gasteiger partial charge in [0.15, 0.2) is 0 Å². The SMILES string of the molecule is COc1ccc(N(C)C)cc1C1=C(CN2C(=O)O[C@H](c3cc(C)cc(C)c3)[C@@H]2C)CC(C)(C)CC1. The van der Waals surface area contributed by atoms with Gasteiger partial charge in [0, 0.05) is 31.9 Å². The highest BCUT2D eigenvalue weighted by Gasteiger charge is 2.41. The van der Waals surface area contributed by atoms with E-state index in [4.69, 9.17) is 9.47 Å². The maximum atomic E-state index is 13.1. The molecule has 1 aliphatic carbocycles. The molecular formula is C30H40N2O3. The number of allylic oxidation sites excluding steroid dienone is 1. The van der Waals surface area contributed by atoms with E-state index >= 15 is 0 Å². The van der Waals surface area contributed by atoms with Gasteiger partial charge in [-0.15, -0.1) is 0 Å². The van der Waals surface area contributed by atoms with Crippen molar-refractivity contribution in [2.24, 2.45) is 5.41 Å². The van der Waals surface area contributed by atoms with Crippen LogP contribution < -0.4 is 9.64 Å². The van der Waals surface area contributed by atoms with E-state index in [9.17, 15) is 4.79 Å². The van der Waals surface area contributed by atoms with Gasteiger partial charge in [-0.3, -0.25) is 4.90 Å². The fourth-order valence-electron chi connectivity index (χ4n) is 5.64. The molecule has 0 aromatic heterocycles. The van der Waals surface area contributed by atoms with Crippen LogP contribution in [0.3, 0.4) is 0 Å². The van der Waals surface area contributed by atoms with Gasteiger partial charge in [0.1, 0.15) is 11.9 Å². The van der Waals surface area contributed by atoms with Gasteiger partial charge in [-0.2, -0.15) is 0 Å². The molecule has 0 unspecified atom stereocenters. The minimum Gasteiger partial charge on any atom is -0.496 e. The number of anilines is 1. The van der Waals surface area contributed by atoms with Gasteiger partial charge in [-0.1, -0.05) is 43.2 Å². The first-order chi connectivity index (χ1) is 16.5. The van der Waals surface area contributed by atoms with Crippen molar-refractivity contribution in [1.82, 2.24) is 4.90 Å². The first-order valence-corrected chi connectivity index (χ1v) is 12.6. The van der Waals surface area contributed by atoms with Crippen LogP contribution >= 0.6 is 0 Å². The third kappa shape index (κ3) is 5.19. The van der Waals surface area contributed by atoms with E-state index < -0.39 is 0 Å². The van der Waals surface area contributed by atoms with Crippen molar-refractivity contribution >= 4 is 17.4 Å². The molecule has 1 saturated heterocycles. The van der Waals surface area contributed by atoms with E-state index in [1.165, 1.54) is 22.3 Å². The van der Waals surface area contributed by atoms with Gasteiger partial charge in [0.2, 0.25) is 0 Å². The molecule has 1 amide bonds. The molecule has 5 heteroatoms. The number of carbonyl (C=O) groups is 1. The quantitative estimate of drug-likeness (QED) is 0.454. The van der Waals surface area contributed by atoms with Gasteiger partial charge in [0.25, 0.3) is 0 Å². The number of hydrogen-bond donors (Lipinski definition) is 0. The first kappa shape index (κ1) is 25.2. The van der Waals surface area contributed by atoms with Crippen LogP contribution in [-0.2, 0) is 4.74 Å². The predicted octanol–water partition coefficient (Wildman–Crippen LogP) is 6.92. The Morgan fingerprint density at radius 1 is 1.11 bits per heavy atom. The summed E-state index contributed by atoms with van der Waals surface area (Å²) in [6.07, 6.45) is 2.53. The maximum absolute atomic E-state index is 13.1. The monoisotopic (exact) mass is 476 g/mol. The molecule has 35 heavy (non-hydrogen) atoms. The Bertz CT molecular complexity index is 1130. The zero-order valence-electron chi connectivity index (χ0n) is 22.6. The Morgan fingerprint density at radius 3 is 2.43 bits per heavy atom. The van der Waals surface area contributed by atoms with Crippen LogP contribution in [0, 0.1) is 19.3 Å². The van der Waals surface area contributed by atoms with Crippen molar-refractivity contribution in [1.29, 1.82) is 0 Å². The lowest BCUT2D eigenvalue weighted by molar-refractivity contribution is 0.130. The highest BCUT2D eigenvalue weighted by Crippen LogP contribution is 2.46. The summed E-state index contributed by atoms with van der Waals surface area (Å²) in [5.74, 6) is 0.882. The smallest absolute Gasteiger partial charge is 0.411 e. The zero-order valence-corrected chi connectivity index (χ0v) is 22.6. The maximum Gasteiger partial charge on any atom is 0.411 e.